The lowest BCUT2D eigenvalue weighted by molar-refractivity contribution is -0.137. The van der Waals surface area contributed by atoms with E-state index in [9.17, 15) is 18.0 Å². The number of carbonyl (C=O) groups excluding carboxylic acids is 1. The Morgan fingerprint density at radius 3 is 2.35 bits per heavy atom. The second-order valence-corrected chi connectivity index (χ2v) is 7.85. The van der Waals surface area contributed by atoms with E-state index in [4.69, 9.17) is 14.6 Å². The van der Waals surface area contributed by atoms with Crippen LogP contribution >= 0.6 is 0 Å². The van der Waals surface area contributed by atoms with Crippen LogP contribution in [0.2, 0.25) is 0 Å². The van der Waals surface area contributed by atoms with Gasteiger partial charge in [0, 0.05) is 7.05 Å². The highest BCUT2D eigenvalue weighted by atomic mass is 32.2. The molecule has 0 bridgehead atoms. The standard InChI is InChI=1S/C16H24N2O7S/c1-5-26(22,23)18(2)10-15(19)17-12(9-16(20)21)11-6-7-13(24-3)14(8-11)25-4/h6-8,12H,5,9-10H2,1-4H3,(H,17,19)(H,20,21). The summed E-state index contributed by atoms with van der Waals surface area (Å²) in [4.78, 5) is 23.3. The Bertz CT molecular complexity index is 749. The number of benzene rings is 1. The van der Waals surface area contributed by atoms with E-state index in [1.165, 1.54) is 28.2 Å². The minimum atomic E-state index is -3.52. The second kappa shape index (κ2) is 9.39. The van der Waals surface area contributed by atoms with Crippen LogP contribution in [0.4, 0.5) is 0 Å². The van der Waals surface area contributed by atoms with E-state index in [2.05, 4.69) is 5.32 Å². The van der Waals surface area contributed by atoms with Crippen molar-refractivity contribution in [2.45, 2.75) is 19.4 Å². The lowest BCUT2D eigenvalue weighted by atomic mass is 10.0. The van der Waals surface area contributed by atoms with Gasteiger partial charge < -0.3 is 19.9 Å². The lowest BCUT2D eigenvalue weighted by Crippen LogP contribution is -2.40. The first-order valence-corrected chi connectivity index (χ1v) is 9.42. The van der Waals surface area contributed by atoms with Gasteiger partial charge >= 0.3 is 5.97 Å². The number of aliphatic carboxylic acids is 1. The Labute approximate surface area is 152 Å². The highest BCUT2D eigenvalue weighted by Gasteiger charge is 2.23. The van der Waals surface area contributed by atoms with Gasteiger partial charge in [0.05, 0.1) is 39.0 Å². The molecule has 146 valence electrons. The predicted molar refractivity (Wildman–Crippen MR) is 94.8 cm³/mol. The zero-order valence-corrected chi connectivity index (χ0v) is 16.0. The van der Waals surface area contributed by atoms with E-state index in [1.54, 1.807) is 18.2 Å². The molecule has 26 heavy (non-hydrogen) atoms. The van der Waals surface area contributed by atoms with Crippen LogP contribution in [0.5, 0.6) is 11.5 Å². The van der Waals surface area contributed by atoms with Gasteiger partial charge in [-0.15, -0.1) is 0 Å². The van der Waals surface area contributed by atoms with Crippen LogP contribution in [0, 0.1) is 0 Å². The van der Waals surface area contributed by atoms with Crippen molar-refractivity contribution in [3.05, 3.63) is 23.8 Å². The Morgan fingerprint density at radius 1 is 1.23 bits per heavy atom. The number of rotatable bonds is 10. The molecule has 2 N–H and O–H groups in total. The molecule has 1 rings (SSSR count). The lowest BCUT2D eigenvalue weighted by Gasteiger charge is -2.21. The molecule has 0 radical (unpaired) electrons. The molecule has 1 aromatic carbocycles. The first-order valence-electron chi connectivity index (χ1n) is 7.81. The van der Waals surface area contributed by atoms with Gasteiger partial charge in [0.2, 0.25) is 15.9 Å². The number of likely N-dealkylation sites (N-methyl/N-ethyl adjacent to an activating group) is 1. The van der Waals surface area contributed by atoms with Crippen molar-refractivity contribution in [2.75, 3.05) is 33.6 Å². The molecule has 0 fully saturated rings. The van der Waals surface area contributed by atoms with Gasteiger partial charge in [0.1, 0.15) is 0 Å². The van der Waals surface area contributed by atoms with Crippen molar-refractivity contribution in [2.24, 2.45) is 0 Å². The topological polar surface area (TPSA) is 122 Å². The molecule has 0 aliphatic rings. The number of hydrogen-bond donors (Lipinski definition) is 2. The fourth-order valence-corrected chi connectivity index (χ4v) is 3.01. The summed E-state index contributed by atoms with van der Waals surface area (Å²) >= 11 is 0. The van der Waals surface area contributed by atoms with E-state index < -0.39 is 34.5 Å². The molecule has 10 heteroatoms. The third kappa shape index (κ3) is 5.88. The van der Waals surface area contributed by atoms with Crippen molar-refractivity contribution < 1.29 is 32.6 Å². The Morgan fingerprint density at radius 2 is 1.85 bits per heavy atom. The van der Waals surface area contributed by atoms with E-state index in [0.717, 1.165) is 4.31 Å². The monoisotopic (exact) mass is 388 g/mol. The fraction of sp³-hybridized carbons (Fsp3) is 0.500. The Hall–Kier alpha value is -2.33. The summed E-state index contributed by atoms with van der Waals surface area (Å²) < 4.78 is 34.7. The summed E-state index contributed by atoms with van der Waals surface area (Å²) in [5.74, 6) is -0.999. The first-order chi connectivity index (χ1) is 12.1. The molecule has 1 amide bonds. The number of methoxy groups -OCH3 is 2. The Kier molecular flexibility index (Phi) is 7.84. The number of carboxylic acid groups (broad SMARTS) is 1. The van der Waals surface area contributed by atoms with E-state index in [-0.39, 0.29) is 12.2 Å². The van der Waals surface area contributed by atoms with Crippen molar-refractivity contribution >= 4 is 21.9 Å². The van der Waals surface area contributed by atoms with Crippen LogP contribution < -0.4 is 14.8 Å². The summed E-state index contributed by atoms with van der Waals surface area (Å²) in [6.45, 7) is 1.07. The minimum Gasteiger partial charge on any atom is -0.493 e. The first kappa shape index (κ1) is 21.7. The molecule has 0 aliphatic carbocycles. The summed E-state index contributed by atoms with van der Waals surface area (Å²) in [5.41, 5.74) is 0.499. The summed E-state index contributed by atoms with van der Waals surface area (Å²) in [5, 5.41) is 11.7. The molecule has 0 aliphatic heterocycles. The molecular formula is C16H24N2O7S. The van der Waals surface area contributed by atoms with Crippen LogP contribution in [0.25, 0.3) is 0 Å². The molecule has 0 heterocycles. The third-order valence-electron chi connectivity index (χ3n) is 3.73. The van der Waals surface area contributed by atoms with Gasteiger partial charge in [0.25, 0.3) is 0 Å². The number of ether oxygens (including phenoxy) is 2. The number of carbonyl (C=O) groups is 2. The van der Waals surface area contributed by atoms with Crippen LogP contribution in [-0.2, 0) is 19.6 Å². The summed E-state index contributed by atoms with van der Waals surface area (Å²) in [6.07, 6.45) is -0.370. The smallest absolute Gasteiger partial charge is 0.305 e. The van der Waals surface area contributed by atoms with Gasteiger partial charge in [-0.1, -0.05) is 6.07 Å². The number of hydrogen-bond acceptors (Lipinski definition) is 6. The number of amides is 1. The third-order valence-corrected chi connectivity index (χ3v) is 5.54. The largest absolute Gasteiger partial charge is 0.493 e. The van der Waals surface area contributed by atoms with Gasteiger partial charge in [-0.25, -0.2) is 8.42 Å². The van der Waals surface area contributed by atoms with E-state index in [0.29, 0.717) is 17.1 Å². The maximum Gasteiger partial charge on any atom is 0.305 e. The number of sulfonamides is 1. The van der Waals surface area contributed by atoms with Crippen LogP contribution in [0.1, 0.15) is 24.9 Å². The Balaban J connectivity index is 3.01. The number of nitrogens with zero attached hydrogens (tertiary/aromatic N) is 1. The predicted octanol–water partition coefficient (Wildman–Crippen LogP) is 0.617. The zero-order valence-electron chi connectivity index (χ0n) is 15.2. The molecule has 1 unspecified atom stereocenters. The van der Waals surface area contributed by atoms with Crippen LogP contribution in [0.15, 0.2) is 18.2 Å². The van der Waals surface area contributed by atoms with Gasteiger partial charge in [-0.2, -0.15) is 4.31 Å². The van der Waals surface area contributed by atoms with E-state index >= 15 is 0 Å². The average molecular weight is 388 g/mol. The number of carboxylic acids is 1. The van der Waals surface area contributed by atoms with Gasteiger partial charge in [-0.05, 0) is 24.6 Å². The number of nitrogens with one attached hydrogen (secondary N) is 1. The molecule has 0 saturated carbocycles. The molecule has 9 nitrogen and oxygen atoms in total. The second-order valence-electron chi connectivity index (χ2n) is 5.49. The normalized spacial score (nSPS) is 12.5. The summed E-state index contributed by atoms with van der Waals surface area (Å²) in [7, 11) is 0.688. The van der Waals surface area contributed by atoms with E-state index in [1.807, 2.05) is 0 Å². The maximum absolute atomic E-state index is 12.2. The quantitative estimate of drug-likeness (QED) is 0.602. The van der Waals surface area contributed by atoms with Crippen LogP contribution in [-0.4, -0.2) is 63.3 Å². The highest BCUT2D eigenvalue weighted by Crippen LogP contribution is 2.31. The molecular weight excluding hydrogens is 364 g/mol. The van der Waals surface area contributed by atoms with Crippen molar-refractivity contribution in [3.8, 4) is 11.5 Å². The van der Waals surface area contributed by atoms with Crippen molar-refractivity contribution in [3.63, 3.8) is 0 Å². The fourth-order valence-electron chi connectivity index (χ4n) is 2.26. The van der Waals surface area contributed by atoms with Gasteiger partial charge in [0.15, 0.2) is 11.5 Å². The molecule has 0 aromatic heterocycles. The SMILES string of the molecule is CCS(=O)(=O)N(C)CC(=O)NC(CC(=O)O)c1ccc(OC)c(OC)c1. The molecule has 0 spiro atoms. The van der Waals surface area contributed by atoms with Crippen molar-refractivity contribution in [1.29, 1.82) is 0 Å². The van der Waals surface area contributed by atoms with Crippen molar-refractivity contribution in [1.82, 2.24) is 9.62 Å². The minimum absolute atomic E-state index is 0.134. The van der Waals surface area contributed by atoms with Gasteiger partial charge in [-0.3, -0.25) is 9.59 Å². The molecule has 1 aromatic rings. The zero-order chi connectivity index (χ0) is 19.9. The average Bonchev–Trinajstić information content (AvgIpc) is 2.59. The van der Waals surface area contributed by atoms with Crippen LogP contribution in [0.3, 0.4) is 0 Å². The molecule has 0 saturated heterocycles. The highest BCUT2D eigenvalue weighted by molar-refractivity contribution is 7.89. The molecule has 1 atom stereocenters. The summed E-state index contributed by atoms with van der Waals surface area (Å²) in [6, 6.07) is 3.93. The maximum atomic E-state index is 12.2.